The molecule has 4 rings (SSSR count). The molecule has 1 N–H and O–H groups in total. The van der Waals surface area contributed by atoms with Crippen LogP contribution in [0.1, 0.15) is 23.6 Å². The van der Waals surface area contributed by atoms with Crippen molar-refractivity contribution in [2.75, 3.05) is 10.2 Å². The van der Waals surface area contributed by atoms with Gasteiger partial charge in [-0.25, -0.2) is 4.90 Å². The Morgan fingerprint density at radius 2 is 1.47 bits per heavy atom. The molecule has 0 saturated carbocycles. The number of nitrogens with zero attached hydrogens (tertiary/aromatic N) is 1. The number of rotatable bonds is 6. The van der Waals surface area contributed by atoms with Gasteiger partial charge in [-0.2, -0.15) is 0 Å². The average Bonchev–Trinajstić information content (AvgIpc) is 3.04. The number of hydrogen-bond donors (Lipinski definition) is 1. The predicted octanol–water partition coefficient (Wildman–Crippen LogP) is 5.85. The lowest BCUT2D eigenvalue weighted by Gasteiger charge is -2.16. The van der Waals surface area contributed by atoms with Crippen LogP contribution < -0.4 is 15.0 Å². The van der Waals surface area contributed by atoms with Crippen LogP contribution in [-0.4, -0.2) is 18.2 Å². The van der Waals surface area contributed by atoms with E-state index in [4.69, 9.17) is 0 Å². The first-order valence-corrected chi connectivity index (χ1v) is 10.6. The van der Waals surface area contributed by atoms with Crippen LogP contribution in [0.2, 0.25) is 0 Å². The normalized spacial score (nSPS) is 14.1. The predicted molar refractivity (Wildman–Crippen MR) is 123 cm³/mol. The highest BCUT2D eigenvalue weighted by atomic mass is 19.4. The highest BCUT2D eigenvalue weighted by Gasteiger charge is 2.40. The van der Waals surface area contributed by atoms with Gasteiger partial charge in [-0.3, -0.25) is 9.59 Å². The molecule has 0 atom stereocenters. The third-order valence-electron chi connectivity index (χ3n) is 5.38. The fourth-order valence-corrected chi connectivity index (χ4v) is 3.63. The van der Waals surface area contributed by atoms with Crippen LogP contribution in [0.25, 0.3) is 5.57 Å². The van der Waals surface area contributed by atoms with Crippen LogP contribution in [0.15, 0.2) is 78.5 Å². The van der Waals surface area contributed by atoms with E-state index < -0.39 is 23.9 Å². The number of aryl methyl sites for hydroxylation is 2. The highest BCUT2D eigenvalue weighted by Crippen LogP contribution is 2.34. The van der Waals surface area contributed by atoms with Gasteiger partial charge in [0.15, 0.2) is 0 Å². The molecular formula is C26H21F3N2O3. The van der Waals surface area contributed by atoms with E-state index in [-0.39, 0.29) is 11.3 Å². The molecule has 34 heavy (non-hydrogen) atoms. The summed E-state index contributed by atoms with van der Waals surface area (Å²) in [4.78, 5) is 27.9. The van der Waals surface area contributed by atoms with E-state index >= 15 is 0 Å². The number of anilines is 2. The number of carbonyl (C=O) groups excluding carboxylic acids is 2. The maximum absolute atomic E-state index is 13.4. The molecule has 1 heterocycles. The summed E-state index contributed by atoms with van der Waals surface area (Å²) in [5.74, 6) is -1.43. The van der Waals surface area contributed by atoms with E-state index in [0.717, 1.165) is 34.6 Å². The van der Waals surface area contributed by atoms with Gasteiger partial charge in [0.2, 0.25) is 0 Å². The van der Waals surface area contributed by atoms with Crippen LogP contribution in [-0.2, 0) is 16.0 Å². The Labute approximate surface area is 194 Å². The van der Waals surface area contributed by atoms with E-state index in [2.05, 4.69) is 10.1 Å². The molecule has 0 saturated heterocycles. The zero-order chi connectivity index (χ0) is 24.5. The van der Waals surface area contributed by atoms with E-state index in [9.17, 15) is 22.8 Å². The lowest BCUT2D eigenvalue weighted by Crippen LogP contribution is -2.32. The smallest absolute Gasteiger partial charge is 0.406 e. The van der Waals surface area contributed by atoms with Crippen LogP contribution in [0.5, 0.6) is 5.75 Å². The van der Waals surface area contributed by atoms with Crippen molar-refractivity contribution in [3.05, 3.63) is 95.2 Å². The van der Waals surface area contributed by atoms with Gasteiger partial charge in [0.1, 0.15) is 11.4 Å². The molecule has 0 aliphatic carbocycles. The van der Waals surface area contributed by atoms with Crippen molar-refractivity contribution in [2.24, 2.45) is 0 Å². The Morgan fingerprint density at radius 1 is 0.853 bits per heavy atom. The number of imide groups is 1. The highest BCUT2D eigenvalue weighted by molar-refractivity contribution is 6.46. The number of ether oxygens (including phenoxy) is 1. The number of benzene rings is 3. The zero-order valence-electron chi connectivity index (χ0n) is 18.4. The second kappa shape index (κ2) is 9.05. The number of nitrogens with one attached hydrogen (secondary N) is 1. The van der Waals surface area contributed by atoms with Crippen molar-refractivity contribution in [1.29, 1.82) is 0 Å². The lowest BCUT2D eigenvalue weighted by molar-refractivity contribution is -0.274. The lowest BCUT2D eigenvalue weighted by atomic mass is 10.0. The van der Waals surface area contributed by atoms with Gasteiger partial charge in [0.05, 0.1) is 11.3 Å². The Morgan fingerprint density at radius 3 is 2.03 bits per heavy atom. The molecule has 0 unspecified atom stereocenters. The second-order valence-electron chi connectivity index (χ2n) is 7.78. The summed E-state index contributed by atoms with van der Waals surface area (Å²) in [7, 11) is 0. The van der Waals surface area contributed by atoms with E-state index in [1.165, 1.54) is 12.1 Å². The van der Waals surface area contributed by atoms with Gasteiger partial charge in [-0.15, -0.1) is 13.2 Å². The standard InChI is InChI=1S/C26H21F3N2O3/c1-3-17-6-12-20(13-7-17)31-24(32)22(18-8-4-16(2)5-9-18)23(25(31)33)30-19-10-14-21(15-11-19)34-26(27,28)29/h4-15,30H,3H2,1-2H3. The summed E-state index contributed by atoms with van der Waals surface area (Å²) in [6.45, 7) is 3.91. The Hall–Kier alpha value is -4.07. The molecule has 5 nitrogen and oxygen atoms in total. The summed E-state index contributed by atoms with van der Waals surface area (Å²) < 4.78 is 41.2. The molecule has 3 aromatic rings. The van der Waals surface area contributed by atoms with Gasteiger partial charge < -0.3 is 10.1 Å². The minimum atomic E-state index is -4.81. The van der Waals surface area contributed by atoms with E-state index in [1.807, 2.05) is 38.1 Å². The van der Waals surface area contributed by atoms with E-state index in [1.54, 1.807) is 24.3 Å². The molecular weight excluding hydrogens is 445 g/mol. The monoisotopic (exact) mass is 466 g/mol. The van der Waals surface area contributed by atoms with Crippen molar-refractivity contribution >= 4 is 28.8 Å². The fraction of sp³-hybridized carbons (Fsp3) is 0.154. The molecule has 2 amide bonds. The first-order valence-electron chi connectivity index (χ1n) is 10.6. The van der Waals surface area contributed by atoms with Crippen LogP contribution in [0.3, 0.4) is 0 Å². The molecule has 174 valence electrons. The third kappa shape index (κ3) is 4.80. The largest absolute Gasteiger partial charge is 0.573 e. The van der Waals surface area contributed by atoms with Crippen LogP contribution in [0, 0.1) is 6.92 Å². The summed E-state index contributed by atoms with van der Waals surface area (Å²) >= 11 is 0. The Balaban J connectivity index is 1.71. The second-order valence-corrected chi connectivity index (χ2v) is 7.78. The van der Waals surface area contributed by atoms with Gasteiger partial charge in [-0.1, -0.05) is 48.9 Å². The summed E-state index contributed by atoms with van der Waals surface area (Å²) in [5.41, 5.74) is 3.59. The molecule has 0 radical (unpaired) electrons. The molecule has 0 spiro atoms. The minimum Gasteiger partial charge on any atom is -0.406 e. The first-order chi connectivity index (χ1) is 16.2. The topological polar surface area (TPSA) is 58.6 Å². The molecule has 1 aliphatic rings. The minimum absolute atomic E-state index is 0.0397. The molecule has 0 fully saturated rings. The van der Waals surface area contributed by atoms with Crippen molar-refractivity contribution in [2.45, 2.75) is 26.6 Å². The van der Waals surface area contributed by atoms with Gasteiger partial charge in [0, 0.05) is 5.69 Å². The first kappa shape index (κ1) is 23.1. The van der Waals surface area contributed by atoms with Crippen molar-refractivity contribution in [1.82, 2.24) is 0 Å². The number of halogens is 3. The quantitative estimate of drug-likeness (QED) is 0.463. The number of carbonyl (C=O) groups is 2. The van der Waals surface area contributed by atoms with Crippen molar-refractivity contribution in [3.8, 4) is 5.75 Å². The van der Waals surface area contributed by atoms with Gasteiger partial charge in [-0.05, 0) is 60.9 Å². The number of hydrogen-bond acceptors (Lipinski definition) is 4. The van der Waals surface area contributed by atoms with Crippen LogP contribution in [0.4, 0.5) is 24.5 Å². The molecule has 8 heteroatoms. The van der Waals surface area contributed by atoms with Crippen molar-refractivity contribution < 1.29 is 27.5 Å². The summed E-state index contributed by atoms with van der Waals surface area (Å²) in [6, 6.07) is 19.3. The van der Waals surface area contributed by atoms with Gasteiger partial charge in [0.25, 0.3) is 11.8 Å². The molecule has 0 aromatic heterocycles. The Kier molecular flexibility index (Phi) is 6.15. The number of alkyl halides is 3. The average molecular weight is 466 g/mol. The van der Waals surface area contributed by atoms with Crippen LogP contribution >= 0.6 is 0 Å². The molecule has 1 aliphatic heterocycles. The van der Waals surface area contributed by atoms with Crippen molar-refractivity contribution in [3.63, 3.8) is 0 Å². The summed E-state index contributed by atoms with van der Waals surface area (Å²) in [5, 5.41) is 2.93. The van der Waals surface area contributed by atoms with E-state index in [0.29, 0.717) is 16.9 Å². The third-order valence-corrected chi connectivity index (χ3v) is 5.38. The fourth-order valence-electron chi connectivity index (χ4n) is 3.63. The zero-order valence-corrected chi connectivity index (χ0v) is 18.4. The Bertz CT molecular complexity index is 1250. The molecule has 0 bridgehead atoms. The number of amides is 2. The van der Waals surface area contributed by atoms with Gasteiger partial charge >= 0.3 is 6.36 Å². The molecule has 3 aromatic carbocycles. The summed E-state index contributed by atoms with van der Waals surface area (Å²) in [6.07, 6.45) is -3.99. The SMILES string of the molecule is CCc1ccc(N2C(=O)C(Nc3ccc(OC(F)(F)F)cc3)=C(c3ccc(C)cc3)C2=O)cc1. The maximum Gasteiger partial charge on any atom is 0.573 e. The maximum atomic E-state index is 13.4.